The number of carbonyl (C=O) groups is 2. The van der Waals surface area contributed by atoms with Gasteiger partial charge in [0.2, 0.25) is 0 Å². The summed E-state index contributed by atoms with van der Waals surface area (Å²) < 4.78 is 20.2. The minimum absolute atomic E-state index is 0.338. The molecule has 164 valence electrons. The number of aromatic nitrogens is 3. The van der Waals surface area contributed by atoms with Gasteiger partial charge in [-0.25, -0.2) is 14.1 Å². The Morgan fingerprint density at radius 3 is 2.72 bits per heavy atom. The van der Waals surface area contributed by atoms with Crippen molar-refractivity contribution in [2.24, 2.45) is 0 Å². The van der Waals surface area contributed by atoms with Crippen LogP contribution >= 0.6 is 11.3 Å². The highest BCUT2D eigenvalue weighted by Crippen LogP contribution is 2.20. The number of pyridine rings is 1. The molecule has 1 atom stereocenters. The minimum atomic E-state index is -0.909. The van der Waals surface area contributed by atoms with Gasteiger partial charge >= 0.3 is 0 Å². The van der Waals surface area contributed by atoms with E-state index in [1.807, 2.05) is 17.5 Å². The molecule has 0 saturated carbocycles. The summed E-state index contributed by atoms with van der Waals surface area (Å²) in [6.07, 6.45) is 0.681. The highest BCUT2D eigenvalue weighted by molar-refractivity contribution is 7.09. The molecule has 0 fully saturated rings. The zero-order valence-electron chi connectivity index (χ0n) is 17.3. The van der Waals surface area contributed by atoms with Crippen LogP contribution in [0.3, 0.4) is 0 Å². The lowest BCUT2D eigenvalue weighted by molar-refractivity contribution is -0.128. The average molecular weight is 453 g/mol. The van der Waals surface area contributed by atoms with Gasteiger partial charge in [0.05, 0.1) is 23.7 Å². The summed E-state index contributed by atoms with van der Waals surface area (Å²) >= 11 is 1.61. The Morgan fingerprint density at radius 1 is 1.22 bits per heavy atom. The van der Waals surface area contributed by atoms with Crippen LogP contribution in [0.25, 0.3) is 11.0 Å². The third-order valence-electron chi connectivity index (χ3n) is 4.66. The van der Waals surface area contributed by atoms with E-state index in [4.69, 9.17) is 4.74 Å². The summed E-state index contributed by atoms with van der Waals surface area (Å²) in [4.78, 5) is 30.7. The molecular formula is C22H20FN5O3S. The molecule has 0 aliphatic rings. The van der Waals surface area contributed by atoms with E-state index in [0.717, 1.165) is 4.88 Å². The number of amides is 2. The van der Waals surface area contributed by atoms with Crippen LogP contribution in [-0.4, -0.2) is 32.7 Å². The lowest BCUT2D eigenvalue weighted by Gasteiger charge is -2.15. The molecule has 32 heavy (non-hydrogen) atoms. The van der Waals surface area contributed by atoms with Crippen molar-refractivity contribution in [1.82, 2.24) is 25.6 Å². The molecule has 0 radical (unpaired) electrons. The molecule has 0 saturated heterocycles. The van der Waals surface area contributed by atoms with Gasteiger partial charge < -0.3 is 4.74 Å². The molecule has 10 heteroatoms. The number of rotatable bonds is 6. The largest absolute Gasteiger partial charge is 0.481 e. The van der Waals surface area contributed by atoms with E-state index in [0.29, 0.717) is 34.6 Å². The number of hydrogen-bond donors (Lipinski definition) is 2. The smallest absolute Gasteiger partial charge is 0.279 e. The number of benzene rings is 1. The number of aryl methyl sites for hydroxylation is 1. The Morgan fingerprint density at radius 2 is 2.00 bits per heavy atom. The summed E-state index contributed by atoms with van der Waals surface area (Å²) in [6, 6.07) is 10.9. The van der Waals surface area contributed by atoms with Crippen LogP contribution in [0.15, 0.2) is 54.0 Å². The van der Waals surface area contributed by atoms with Crippen molar-refractivity contribution in [1.29, 1.82) is 0 Å². The fourth-order valence-corrected chi connectivity index (χ4v) is 3.77. The van der Waals surface area contributed by atoms with Crippen molar-refractivity contribution in [3.8, 4) is 5.75 Å². The van der Waals surface area contributed by atoms with Crippen LogP contribution < -0.4 is 15.6 Å². The van der Waals surface area contributed by atoms with E-state index < -0.39 is 23.7 Å². The monoisotopic (exact) mass is 453 g/mol. The zero-order chi connectivity index (χ0) is 22.7. The first-order valence-electron chi connectivity index (χ1n) is 9.78. The van der Waals surface area contributed by atoms with Crippen LogP contribution in [0.1, 0.15) is 27.9 Å². The highest BCUT2D eigenvalue weighted by atomic mass is 32.1. The third-order valence-corrected chi connectivity index (χ3v) is 5.52. The molecular weight excluding hydrogens is 433 g/mol. The second-order valence-corrected chi connectivity index (χ2v) is 8.12. The third kappa shape index (κ3) is 4.75. The maximum atomic E-state index is 13.0. The number of nitrogens with zero attached hydrogens (tertiary/aromatic N) is 3. The number of hydrazine groups is 1. The maximum absolute atomic E-state index is 13.0. The molecule has 0 aliphatic carbocycles. The molecule has 8 nitrogen and oxygen atoms in total. The summed E-state index contributed by atoms with van der Waals surface area (Å²) in [5, 5.41) is 6.94. The van der Waals surface area contributed by atoms with Crippen LogP contribution in [0.4, 0.5) is 4.39 Å². The summed E-state index contributed by atoms with van der Waals surface area (Å²) in [5.41, 5.74) is 6.34. The van der Waals surface area contributed by atoms with Gasteiger partial charge in [-0.2, -0.15) is 5.10 Å². The van der Waals surface area contributed by atoms with Crippen molar-refractivity contribution in [3.05, 3.63) is 76.0 Å². The van der Waals surface area contributed by atoms with Crippen molar-refractivity contribution >= 4 is 34.2 Å². The highest BCUT2D eigenvalue weighted by Gasteiger charge is 2.19. The summed E-state index contributed by atoms with van der Waals surface area (Å²) in [6.45, 7) is 3.86. The van der Waals surface area contributed by atoms with Gasteiger partial charge in [-0.3, -0.25) is 20.4 Å². The minimum Gasteiger partial charge on any atom is -0.481 e. The molecule has 2 N–H and O–H groups in total. The van der Waals surface area contributed by atoms with Gasteiger partial charge in [-0.15, -0.1) is 11.3 Å². The second kappa shape index (κ2) is 9.15. The second-order valence-electron chi connectivity index (χ2n) is 7.09. The predicted molar refractivity (Wildman–Crippen MR) is 118 cm³/mol. The fraction of sp³-hybridized carbons (Fsp3) is 0.182. The molecule has 4 rings (SSSR count). The Hall–Kier alpha value is -3.79. The number of halogens is 1. The SMILES string of the molecule is Cc1cc(C(=O)NNC(=O)C(C)Oc2ccc(F)cc2)c2cnn(Cc3cccs3)c2n1. The van der Waals surface area contributed by atoms with Crippen LogP contribution in [0.5, 0.6) is 5.75 Å². The first-order chi connectivity index (χ1) is 15.4. The van der Waals surface area contributed by atoms with E-state index >= 15 is 0 Å². The van der Waals surface area contributed by atoms with Gasteiger partial charge in [0.15, 0.2) is 11.8 Å². The predicted octanol–water partition coefficient (Wildman–Crippen LogP) is 3.22. The van der Waals surface area contributed by atoms with Gasteiger partial charge in [-0.05, 0) is 55.6 Å². The molecule has 0 aliphatic heterocycles. The lowest BCUT2D eigenvalue weighted by atomic mass is 10.1. The lowest BCUT2D eigenvalue weighted by Crippen LogP contribution is -2.47. The van der Waals surface area contributed by atoms with Gasteiger partial charge in [0, 0.05) is 10.6 Å². The first kappa shape index (κ1) is 21.4. The fourth-order valence-electron chi connectivity index (χ4n) is 3.08. The molecule has 2 amide bonds. The van der Waals surface area contributed by atoms with E-state index in [-0.39, 0.29) is 0 Å². The average Bonchev–Trinajstić information content (AvgIpc) is 3.43. The van der Waals surface area contributed by atoms with E-state index in [2.05, 4.69) is 20.9 Å². The number of fused-ring (bicyclic) bond motifs is 1. The van der Waals surface area contributed by atoms with E-state index in [9.17, 15) is 14.0 Å². The maximum Gasteiger partial charge on any atom is 0.279 e. The quantitative estimate of drug-likeness (QED) is 0.437. The molecule has 4 aromatic rings. The molecule has 1 unspecified atom stereocenters. The number of hydrogen-bond acceptors (Lipinski definition) is 6. The topological polar surface area (TPSA) is 98.1 Å². The Bertz CT molecular complexity index is 1250. The van der Waals surface area contributed by atoms with E-state index in [1.165, 1.54) is 31.2 Å². The number of thiophene rings is 1. The van der Waals surface area contributed by atoms with Crippen LogP contribution in [-0.2, 0) is 11.3 Å². The summed E-state index contributed by atoms with van der Waals surface area (Å²) in [5.74, 6) is -1.12. The first-order valence-corrected chi connectivity index (χ1v) is 10.7. The van der Waals surface area contributed by atoms with Gasteiger partial charge in [-0.1, -0.05) is 6.07 Å². The standard InChI is InChI=1S/C22H20FN5O3S/c1-13-10-18(19-11-24-28(20(19)25-13)12-17-4-3-9-32-17)22(30)27-26-21(29)14(2)31-16-7-5-15(23)6-8-16/h3-11,14H,12H2,1-2H3,(H,26,29)(H,27,30). The van der Waals surface area contributed by atoms with E-state index in [1.54, 1.807) is 35.2 Å². The Balaban J connectivity index is 1.44. The molecule has 1 aromatic carbocycles. The Labute approximate surface area is 187 Å². The van der Waals surface area contributed by atoms with Gasteiger partial charge in [0.1, 0.15) is 11.6 Å². The van der Waals surface area contributed by atoms with Crippen molar-refractivity contribution in [3.63, 3.8) is 0 Å². The number of carbonyl (C=O) groups excluding carboxylic acids is 2. The van der Waals surface area contributed by atoms with Crippen LogP contribution in [0.2, 0.25) is 0 Å². The van der Waals surface area contributed by atoms with Crippen molar-refractivity contribution < 1.29 is 18.7 Å². The Kier molecular flexibility index (Phi) is 6.13. The van der Waals surface area contributed by atoms with Crippen molar-refractivity contribution in [2.75, 3.05) is 0 Å². The van der Waals surface area contributed by atoms with Crippen LogP contribution in [0, 0.1) is 12.7 Å². The molecule has 3 heterocycles. The molecule has 0 spiro atoms. The van der Waals surface area contributed by atoms with Crippen molar-refractivity contribution in [2.45, 2.75) is 26.5 Å². The molecule has 3 aromatic heterocycles. The van der Waals surface area contributed by atoms with Gasteiger partial charge in [0.25, 0.3) is 11.8 Å². The normalized spacial score (nSPS) is 11.8. The summed E-state index contributed by atoms with van der Waals surface area (Å²) in [7, 11) is 0. The number of ether oxygens (including phenoxy) is 1. The zero-order valence-corrected chi connectivity index (χ0v) is 18.1. The molecule has 0 bridgehead atoms. The number of nitrogens with one attached hydrogen (secondary N) is 2.